The van der Waals surface area contributed by atoms with Crippen LogP contribution in [-0.2, 0) is 9.53 Å². The number of carbonyl (C=O) groups is 1. The van der Waals surface area contributed by atoms with E-state index in [1.165, 1.54) is 0 Å². The van der Waals surface area contributed by atoms with Gasteiger partial charge in [0, 0.05) is 5.41 Å². The Morgan fingerprint density at radius 1 is 1.57 bits per heavy atom. The number of esters is 1. The molecule has 1 aliphatic rings. The Bertz CT molecular complexity index is 257. The molecule has 0 N–H and O–H groups in total. The van der Waals surface area contributed by atoms with Crippen LogP contribution in [0.15, 0.2) is 12.3 Å². The normalized spacial score (nSPS) is 22.9. The van der Waals surface area contributed by atoms with Crippen molar-refractivity contribution in [3.8, 4) is 0 Å². The number of hydrogen-bond acceptors (Lipinski definition) is 4. The van der Waals surface area contributed by atoms with Crippen molar-refractivity contribution in [2.45, 2.75) is 27.0 Å². The maximum Gasteiger partial charge on any atom is 0.356 e. The van der Waals surface area contributed by atoms with E-state index in [0.717, 1.165) is 5.88 Å². The van der Waals surface area contributed by atoms with E-state index < -0.39 is 0 Å². The zero-order valence-corrected chi connectivity index (χ0v) is 9.98. The predicted octanol–water partition coefficient (Wildman–Crippen LogP) is 2.05. The Hall–Kier alpha value is -0.640. The number of hydrogen-bond donors (Lipinski definition) is 0. The third-order valence-electron chi connectivity index (χ3n) is 2.09. The van der Waals surface area contributed by atoms with Crippen molar-refractivity contribution in [1.29, 1.82) is 0 Å². The number of thioether (sulfide) groups is 1. The van der Waals surface area contributed by atoms with Gasteiger partial charge in [0.1, 0.15) is 5.70 Å². The van der Waals surface area contributed by atoms with E-state index in [0.29, 0.717) is 5.70 Å². The average Bonchev–Trinajstić information content (AvgIpc) is 2.32. The fourth-order valence-electron chi connectivity index (χ4n) is 1.42. The molecule has 1 fully saturated rings. The Morgan fingerprint density at radius 3 is 2.57 bits per heavy atom. The second kappa shape index (κ2) is 3.85. The molecule has 0 radical (unpaired) electrons. The number of ether oxygens (including phenoxy) is 1. The molecule has 0 bridgehead atoms. The van der Waals surface area contributed by atoms with Crippen molar-refractivity contribution >= 4 is 17.7 Å². The number of cyclic esters (lactones) is 1. The monoisotopic (exact) mass is 215 g/mol. The summed E-state index contributed by atoms with van der Waals surface area (Å²) in [6, 6.07) is 0. The first-order valence-corrected chi connectivity index (χ1v) is 5.92. The lowest BCUT2D eigenvalue weighted by atomic mass is 9.94. The van der Waals surface area contributed by atoms with E-state index in [2.05, 4.69) is 27.4 Å². The van der Waals surface area contributed by atoms with Crippen LogP contribution in [0.2, 0.25) is 0 Å². The summed E-state index contributed by atoms with van der Waals surface area (Å²) in [5.41, 5.74) is 0.393. The zero-order valence-electron chi connectivity index (χ0n) is 9.16. The van der Waals surface area contributed by atoms with E-state index in [1.54, 1.807) is 11.8 Å². The van der Waals surface area contributed by atoms with Gasteiger partial charge in [0.2, 0.25) is 0 Å². The first-order valence-electron chi connectivity index (χ1n) is 4.53. The van der Waals surface area contributed by atoms with Gasteiger partial charge in [-0.2, -0.15) is 0 Å². The molecule has 1 rings (SSSR count). The van der Waals surface area contributed by atoms with Crippen molar-refractivity contribution in [3.05, 3.63) is 12.3 Å². The van der Waals surface area contributed by atoms with E-state index >= 15 is 0 Å². The minimum atomic E-state index is -0.293. The highest BCUT2D eigenvalue weighted by Gasteiger charge is 2.42. The molecule has 1 aliphatic heterocycles. The maximum atomic E-state index is 11.3. The van der Waals surface area contributed by atoms with Crippen molar-refractivity contribution in [3.63, 3.8) is 0 Å². The minimum Gasteiger partial charge on any atom is -0.436 e. The van der Waals surface area contributed by atoms with Crippen LogP contribution in [0.3, 0.4) is 0 Å². The molecule has 1 atom stereocenters. The highest BCUT2D eigenvalue weighted by molar-refractivity contribution is 7.98. The lowest BCUT2D eigenvalue weighted by Crippen LogP contribution is -2.39. The number of nitrogens with zero attached hydrogens (tertiary/aromatic N) is 1. The summed E-state index contributed by atoms with van der Waals surface area (Å²) >= 11 is 1.66. The van der Waals surface area contributed by atoms with Gasteiger partial charge in [-0.3, -0.25) is 0 Å². The predicted molar refractivity (Wildman–Crippen MR) is 58.7 cm³/mol. The Kier molecular flexibility index (Phi) is 3.14. The van der Waals surface area contributed by atoms with Crippen LogP contribution in [0.25, 0.3) is 0 Å². The van der Waals surface area contributed by atoms with Crippen LogP contribution in [0.4, 0.5) is 0 Å². The third kappa shape index (κ3) is 2.05. The van der Waals surface area contributed by atoms with Crippen LogP contribution >= 0.6 is 11.8 Å². The molecule has 1 saturated heterocycles. The Balaban J connectivity index is 2.85. The topological polar surface area (TPSA) is 29.5 Å². The zero-order chi connectivity index (χ0) is 10.9. The van der Waals surface area contributed by atoms with Crippen molar-refractivity contribution in [2.24, 2.45) is 5.41 Å². The van der Waals surface area contributed by atoms with Gasteiger partial charge in [-0.15, -0.1) is 11.8 Å². The van der Waals surface area contributed by atoms with Crippen LogP contribution in [-0.4, -0.2) is 29.2 Å². The third-order valence-corrected chi connectivity index (χ3v) is 2.63. The molecule has 0 spiro atoms. The van der Waals surface area contributed by atoms with E-state index in [1.807, 2.05) is 11.2 Å². The summed E-state index contributed by atoms with van der Waals surface area (Å²) in [6.45, 7) is 9.89. The first-order chi connectivity index (χ1) is 6.38. The number of rotatable bonds is 2. The summed E-state index contributed by atoms with van der Waals surface area (Å²) in [7, 11) is 0. The van der Waals surface area contributed by atoms with Crippen LogP contribution in [0.1, 0.15) is 20.8 Å². The standard InChI is InChI=1S/C10H17NO2S/c1-7-8(12)13-9(10(2,3)4)11(7)6-14-5/h9H,1,6H2,2-5H3. The fraction of sp³-hybridized carbons (Fsp3) is 0.700. The molecule has 1 heterocycles. The highest BCUT2D eigenvalue weighted by Crippen LogP contribution is 2.34. The molecule has 3 nitrogen and oxygen atoms in total. The molecular weight excluding hydrogens is 198 g/mol. The fourth-order valence-corrected chi connectivity index (χ4v) is 1.99. The number of carbonyl (C=O) groups excluding carboxylic acids is 1. The van der Waals surface area contributed by atoms with Crippen LogP contribution in [0, 0.1) is 5.41 Å². The van der Waals surface area contributed by atoms with Crippen LogP contribution in [0.5, 0.6) is 0 Å². The molecule has 0 aromatic rings. The SMILES string of the molecule is C=C1C(=O)OC(C(C)(C)C)N1CSC. The molecule has 0 saturated carbocycles. The average molecular weight is 215 g/mol. The summed E-state index contributed by atoms with van der Waals surface area (Å²) in [5.74, 6) is 0.450. The van der Waals surface area contributed by atoms with Crippen LogP contribution < -0.4 is 0 Å². The smallest absolute Gasteiger partial charge is 0.356 e. The lowest BCUT2D eigenvalue weighted by Gasteiger charge is -2.32. The molecule has 80 valence electrons. The summed E-state index contributed by atoms with van der Waals surface area (Å²) in [6.07, 6.45) is 1.81. The summed E-state index contributed by atoms with van der Waals surface area (Å²) in [5, 5.41) is 0. The first kappa shape index (κ1) is 11.4. The maximum absolute atomic E-state index is 11.3. The minimum absolute atomic E-state index is 0.0785. The van der Waals surface area contributed by atoms with E-state index in [-0.39, 0.29) is 17.6 Å². The van der Waals surface area contributed by atoms with Gasteiger partial charge in [0.15, 0.2) is 6.23 Å². The van der Waals surface area contributed by atoms with Crippen molar-refractivity contribution in [2.75, 3.05) is 12.1 Å². The molecule has 0 aromatic carbocycles. The summed E-state index contributed by atoms with van der Waals surface area (Å²) < 4.78 is 5.28. The molecule has 0 amide bonds. The van der Waals surface area contributed by atoms with Gasteiger partial charge in [0.05, 0.1) is 5.88 Å². The largest absolute Gasteiger partial charge is 0.436 e. The van der Waals surface area contributed by atoms with Gasteiger partial charge in [-0.25, -0.2) is 4.79 Å². The lowest BCUT2D eigenvalue weighted by molar-refractivity contribution is -0.146. The second-order valence-electron chi connectivity index (χ2n) is 4.46. The van der Waals surface area contributed by atoms with Crippen molar-refractivity contribution in [1.82, 2.24) is 4.90 Å². The molecule has 4 heteroatoms. The summed E-state index contributed by atoms with van der Waals surface area (Å²) in [4.78, 5) is 13.3. The molecule has 0 aromatic heterocycles. The van der Waals surface area contributed by atoms with Gasteiger partial charge >= 0.3 is 5.97 Å². The van der Waals surface area contributed by atoms with E-state index in [4.69, 9.17) is 4.74 Å². The van der Waals surface area contributed by atoms with Gasteiger partial charge in [-0.05, 0) is 6.26 Å². The molecule has 14 heavy (non-hydrogen) atoms. The molecule has 0 aliphatic carbocycles. The van der Waals surface area contributed by atoms with Gasteiger partial charge < -0.3 is 9.64 Å². The Morgan fingerprint density at radius 2 is 2.14 bits per heavy atom. The Labute approximate surface area is 89.5 Å². The van der Waals surface area contributed by atoms with Gasteiger partial charge in [-0.1, -0.05) is 27.4 Å². The van der Waals surface area contributed by atoms with E-state index in [9.17, 15) is 4.79 Å². The second-order valence-corrected chi connectivity index (χ2v) is 5.29. The molecular formula is C10H17NO2S. The quantitative estimate of drug-likeness (QED) is 0.521. The highest BCUT2D eigenvalue weighted by atomic mass is 32.2. The molecule has 1 unspecified atom stereocenters. The van der Waals surface area contributed by atoms with Gasteiger partial charge in [0.25, 0.3) is 0 Å². The van der Waals surface area contributed by atoms with Crippen molar-refractivity contribution < 1.29 is 9.53 Å².